The van der Waals surface area contributed by atoms with Crippen LogP contribution in [0.5, 0.6) is 0 Å². The number of aromatic nitrogens is 2. The molecule has 0 saturated carbocycles. The van der Waals surface area contributed by atoms with Crippen molar-refractivity contribution in [2.45, 2.75) is 13.3 Å². The van der Waals surface area contributed by atoms with Crippen molar-refractivity contribution in [3.05, 3.63) is 139 Å². The number of anilines is 3. The van der Waals surface area contributed by atoms with Gasteiger partial charge in [-0.15, -0.1) is 0 Å². The number of fused-ring (bicyclic) bond motifs is 4. The molecule has 0 bridgehead atoms. The molecule has 1 aromatic heterocycles. The van der Waals surface area contributed by atoms with E-state index in [4.69, 9.17) is 4.98 Å². The van der Waals surface area contributed by atoms with E-state index in [2.05, 4.69) is 150 Å². The fraction of sp³-hybridized carbons (Fsp3) is 0.0488. The van der Waals surface area contributed by atoms with Crippen LogP contribution in [0.25, 0.3) is 70.9 Å². The molecule has 9 aromatic rings. The first kappa shape index (κ1) is 23.8. The molecule has 1 aliphatic rings. The van der Waals surface area contributed by atoms with E-state index in [9.17, 15) is 0 Å². The molecule has 0 unspecified atom stereocenters. The monoisotopic (exact) mass is 561 g/mol. The summed E-state index contributed by atoms with van der Waals surface area (Å²) in [6.45, 7) is 2.19. The maximum Gasteiger partial charge on any atom is 0.114 e. The minimum Gasteiger partial charge on any atom is -0.306 e. The summed E-state index contributed by atoms with van der Waals surface area (Å²) in [6.07, 6.45) is 0.865. The first-order valence-corrected chi connectivity index (χ1v) is 15.4. The van der Waals surface area contributed by atoms with Crippen molar-refractivity contribution in [2.24, 2.45) is 0 Å². The van der Waals surface area contributed by atoms with Crippen LogP contribution in [0.1, 0.15) is 12.7 Å². The highest BCUT2D eigenvalue weighted by Gasteiger charge is 2.29. The summed E-state index contributed by atoms with van der Waals surface area (Å²) >= 11 is 0. The van der Waals surface area contributed by atoms with Crippen LogP contribution < -0.4 is 4.90 Å². The van der Waals surface area contributed by atoms with E-state index in [1.165, 1.54) is 65.4 Å². The molecule has 2 heterocycles. The van der Waals surface area contributed by atoms with Gasteiger partial charge in [-0.05, 0) is 90.6 Å². The Labute approximate surface area is 254 Å². The molecule has 0 fully saturated rings. The lowest BCUT2D eigenvalue weighted by molar-refractivity contribution is 0.900. The Morgan fingerprint density at radius 3 is 2.05 bits per heavy atom. The van der Waals surface area contributed by atoms with Crippen LogP contribution in [0.3, 0.4) is 0 Å². The standard InChI is InChI=1S/C41H27N3/c1-2-38-42-34-18-9-19-36-41(34)44(38)35-23-20-26(24-37(35)43(36)27-12-4-3-5-13-27)28-21-22-33-31-15-7-11-25-10-6-14-30(39(25)31)32-17-8-16-29(28)40(32)33/h3-24H,2H2,1H3. The third-order valence-corrected chi connectivity index (χ3v) is 9.59. The summed E-state index contributed by atoms with van der Waals surface area (Å²) in [6, 6.07) is 49.0. The van der Waals surface area contributed by atoms with E-state index >= 15 is 0 Å². The van der Waals surface area contributed by atoms with Gasteiger partial charge >= 0.3 is 0 Å². The molecule has 0 N–H and O–H groups in total. The minimum absolute atomic E-state index is 0.865. The Hall–Kier alpha value is -5.67. The van der Waals surface area contributed by atoms with Gasteiger partial charge in [-0.2, -0.15) is 0 Å². The summed E-state index contributed by atoms with van der Waals surface area (Å²) in [4.78, 5) is 7.46. The maximum absolute atomic E-state index is 5.06. The van der Waals surface area contributed by atoms with Gasteiger partial charge in [-0.3, -0.25) is 4.57 Å². The second kappa shape index (κ2) is 8.68. The predicted molar refractivity (Wildman–Crippen MR) is 185 cm³/mol. The largest absolute Gasteiger partial charge is 0.306 e. The average Bonchev–Trinajstić information content (AvgIpc) is 3.47. The van der Waals surface area contributed by atoms with Crippen LogP contribution in [0, 0.1) is 0 Å². The average molecular weight is 562 g/mol. The summed E-state index contributed by atoms with van der Waals surface area (Å²) < 4.78 is 2.37. The number of hydrogen-bond donors (Lipinski definition) is 0. The molecule has 1 aliphatic heterocycles. The second-order valence-electron chi connectivity index (χ2n) is 11.8. The molecule has 0 saturated heterocycles. The number of rotatable bonds is 3. The third kappa shape index (κ3) is 3.03. The van der Waals surface area contributed by atoms with E-state index in [0.717, 1.165) is 34.8 Å². The first-order valence-electron chi connectivity index (χ1n) is 15.4. The fourth-order valence-corrected chi connectivity index (χ4v) is 7.78. The van der Waals surface area contributed by atoms with Gasteiger partial charge in [0.05, 0.1) is 28.1 Å². The highest BCUT2D eigenvalue weighted by atomic mass is 15.2. The zero-order chi connectivity index (χ0) is 28.9. The Morgan fingerprint density at radius 2 is 1.25 bits per heavy atom. The molecular weight excluding hydrogens is 534 g/mol. The lowest BCUT2D eigenvalue weighted by Gasteiger charge is -2.33. The molecule has 3 heteroatoms. The number of benzene rings is 8. The molecule has 0 atom stereocenters. The topological polar surface area (TPSA) is 21.1 Å². The molecule has 8 aromatic carbocycles. The summed E-state index contributed by atoms with van der Waals surface area (Å²) in [5, 5.41) is 10.5. The van der Waals surface area contributed by atoms with Gasteiger partial charge in [-0.25, -0.2) is 4.98 Å². The highest BCUT2D eigenvalue weighted by Crippen LogP contribution is 2.49. The molecular formula is C41H27N3. The Balaban J connectivity index is 1.28. The van der Waals surface area contributed by atoms with Crippen LogP contribution >= 0.6 is 0 Å². The molecule has 0 radical (unpaired) electrons. The van der Waals surface area contributed by atoms with Crippen molar-refractivity contribution >= 4 is 71.2 Å². The van der Waals surface area contributed by atoms with Crippen LogP contribution in [-0.2, 0) is 6.42 Å². The highest BCUT2D eigenvalue weighted by molar-refractivity contribution is 6.34. The van der Waals surface area contributed by atoms with Gasteiger partial charge in [-0.1, -0.05) is 104 Å². The number of aryl methyl sites for hydroxylation is 1. The second-order valence-corrected chi connectivity index (χ2v) is 11.8. The quantitative estimate of drug-likeness (QED) is 0.158. The van der Waals surface area contributed by atoms with Crippen molar-refractivity contribution in [3.8, 4) is 16.8 Å². The Kier molecular flexibility index (Phi) is 4.71. The van der Waals surface area contributed by atoms with Crippen LogP contribution in [0.2, 0.25) is 0 Å². The van der Waals surface area contributed by atoms with E-state index in [-0.39, 0.29) is 0 Å². The van der Waals surface area contributed by atoms with Gasteiger partial charge in [0, 0.05) is 12.1 Å². The summed E-state index contributed by atoms with van der Waals surface area (Å²) in [5.74, 6) is 1.09. The van der Waals surface area contributed by atoms with Crippen molar-refractivity contribution < 1.29 is 0 Å². The van der Waals surface area contributed by atoms with Crippen LogP contribution in [-0.4, -0.2) is 9.55 Å². The number of nitrogens with zero attached hydrogens (tertiary/aromatic N) is 3. The number of para-hydroxylation sites is 2. The van der Waals surface area contributed by atoms with Gasteiger partial charge in [0.1, 0.15) is 5.82 Å². The lowest BCUT2D eigenvalue weighted by Crippen LogP contribution is -2.19. The molecule has 206 valence electrons. The van der Waals surface area contributed by atoms with E-state index in [1.807, 2.05) is 0 Å². The first-order chi connectivity index (χ1) is 21.8. The van der Waals surface area contributed by atoms with Crippen molar-refractivity contribution in [2.75, 3.05) is 4.90 Å². The maximum atomic E-state index is 5.06. The fourth-order valence-electron chi connectivity index (χ4n) is 7.78. The van der Waals surface area contributed by atoms with Crippen LogP contribution in [0.15, 0.2) is 133 Å². The van der Waals surface area contributed by atoms with Gasteiger partial charge < -0.3 is 4.90 Å². The van der Waals surface area contributed by atoms with E-state index < -0.39 is 0 Å². The van der Waals surface area contributed by atoms with E-state index in [1.54, 1.807) is 0 Å². The van der Waals surface area contributed by atoms with Crippen molar-refractivity contribution in [1.82, 2.24) is 9.55 Å². The Morgan fingerprint density at radius 1 is 0.545 bits per heavy atom. The molecule has 0 spiro atoms. The molecule has 3 nitrogen and oxygen atoms in total. The summed E-state index contributed by atoms with van der Waals surface area (Å²) in [7, 11) is 0. The normalized spacial score (nSPS) is 12.7. The lowest BCUT2D eigenvalue weighted by atomic mass is 9.87. The predicted octanol–water partition coefficient (Wildman–Crippen LogP) is 11.1. The molecule has 44 heavy (non-hydrogen) atoms. The number of imidazole rings is 1. The van der Waals surface area contributed by atoms with Gasteiger partial charge in [0.2, 0.25) is 0 Å². The minimum atomic E-state index is 0.865. The zero-order valence-corrected chi connectivity index (χ0v) is 24.3. The summed E-state index contributed by atoms with van der Waals surface area (Å²) in [5.41, 5.74) is 9.29. The van der Waals surface area contributed by atoms with E-state index in [0.29, 0.717) is 0 Å². The zero-order valence-electron chi connectivity index (χ0n) is 24.3. The molecule has 0 amide bonds. The van der Waals surface area contributed by atoms with Crippen molar-refractivity contribution in [3.63, 3.8) is 0 Å². The Bertz CT molecular complexity index is 2540. The molecule has 10 rings (SSSR count). The van der Waals surface area contributed by atoms with Crippen molar-refractivity contribution in [1.29, 1.82) is 0 Å². The SMILES string of the molecule is CCc1nc2cccc3c2n1-c1ccc(-c2ccc4c5cccc6cccc(c7cccc2c74)c65)cc1N3c1ccccc1. The van der Waals surface area contributed by atoms with Gasteiger partial charge in [0.15, 0.2) is 0 Å². The molecule has 0 aliphatic carbocycles. The third-order valence-electron chi connectivity index (χ3n) is 9.59. The number of hydrogen-bond acceptors (Lipinski definition) is 2. The smallest absolute Gasteiger partial charge is 0.114 e. The van der Waals surface area contributed by atoms with Crippen LogP contribution in [0.4, 0.5) is 17.1 Å². The van der Waals surface area contributed by atoms with Gasteiger partial charge in [0.25, 0.3) is 0 Å².